The Labute approximate surface area is 125 Å². The highest BCUT2D eigenvalue weighted by molar-refractivity contribution is 7.54. The van der Waals surface area contributed by atoms with Crippen molar-refractivity contribution in [2.24, 2.45) is 0 Å². The number of nitrogens with zero attached hydrogens (tertiary/aromatic N) is 4. The highest BCUT2D eigenvalue weighted by Gasteiger charge is 2.17. The number of hydrogen-bond acceptors (Lipinski definition) is 3. The first-order valence-corrected chi connectivity index (χ1v) is 9.76. The van der Waals surface area contributed by atoms with E-state index in [1.807, 2.05) is 18.4 Å². The van der Waals surface area contributed by atoms with Crippen LogP contribution in [0.3, 0.4) is 0 Å². The van der Waals surface area contributed by atoms with Gasteiger partial charge in [-0.25, -0.2) is 9.78 Å². The first-order valence-electron chi connectivity index (χ1n) is 7.34. The lowest BCUT2D eigenvalue weighted by Gasteiger charge is -2.12. The number of aryl methyl sites for hydroxylation is 1. The van der Waals surface area contributed by atoms with Gasteiger partial charge in [0.2, 0.25) is 0 Å². The maximum absolute atomic E-state index is 12.7. The van der Waals surface area contributed by atoms with E-state index in [0.717, 1.165) is 19.1 Å². The molecule has 7 heteroatoms. The van der Waals surface area contributed by atoms with E-state index >= 15 is 0 Å². The summed E-state index contributed by atoms with van der Waals surface area (Å²) in [5.74, 6) is 0. The summed E-state index contributed by atoms with van der Waals surface area (Å²) in [6, 6.07) is 0. The summed E-state index contributed by atoms with van der Waals surface area (Å²) in [6.45, 7) is 9.34. The lowest BCUT2D eigenvalue weighted by atomic mass is 10.4. The summed E-state index contributed by atoms with van der Waals surface area (Å²) in [7, 11) is -0.192. The number of rotatable bonds is 6. The minimum absolute atomic E-state index is 0.192. The molecule has 0 fully saturated rings. The average Bonchev–Trinajstić information content (AvgIpc) is 2.82. The molecule has 0 aromatic carbocycles. The molecular formula is C14H23N4O2P. The van der Waals surface area contributed by atoms with Gasteiger partial charge in [0, 0.05) is 19.4 Å². The van der Waals surface area contributed by atoms with Crippen LogP contribution in [0.2, 0.25) is 0 Å². The van der Waals surface area contributed by atoms with E-state index < -0.39 is 0 Å². The Morgan fingerprint density at radius 3 is 2.29 bits per heavy atom. The van der Waals surface area contributed by atoms with E-state index in [4.69, 9.17) is 0 Å². The largest absolute Gasteiger partial charge is 0.332 e. The van der Waals surface area contributed by atoms with Gasteiger partial charge in [-0.3, -0.25) is 13.9 Å². The Balaban J connectivity index is 2.79. The van der Waals surface area contributed by atoms with Gasteiger partial charge in [0.15, 0.2) is 11.2 Å². The molecular weight excluding hydrogens is 287 g/mol. The second-order valence-electron chi connectivity index (χ2n) is 5.50. The van der Waals surface area contributed by atoms with Crippen LogP contribution in [0.25, 0.3) is 11.2 Å². The fourth-order valence-corrected chi connectivity index (χ4v) is 3.32. The molecule has 0 radical (unpaired) electrons. The van der Waals surface area contributed by atoms with E-state index in [2.05, 4.69) is 18.3 Å². The van der Waals surface area contributed by atoms with Crippen molar-refractivity contribution in [3.05, 3.63) is 27.2 Å². The molecule has 0 aliphatic carbocycles. The zero-order chi connectivity index (χ0) is 15.6. The van der Waals surface area contributed by atoms with Gasteiger partial charge in [0.1, 0.15) is 0 Å². The molecule has 0 aliphatic heterocycles. The quantitative estimate of drug-likeness (QED) is 0.765. The van der Waals surface area contributed by atoms with Crippen molar-refractivity contribution >= 4 is 19.1 Å². The van der Waals surface area contributed by atoms with Crippen molar-refractivity contribution in [1.82, 2.24) is 18.7 Å². The summed E-state index contributed by atoms with van der Waals surface area (Å²) in [6.07, 6.45) is 4.07. The Hall–Kier alpha value is -1.42. The molecule has 2 aromatic heterocycles. The van der Waals surface area contributed by atoms with E-state index in [1.165, 1.54) is 4.57 Å². The summed E-state index contributed by atoms with van der Waals surface area (Å²) >= 11 is 0. The summed E-state index contributed by atoms with van der Waals surface area (Å²) in [4.78, 5) is 29.5. The minimum Gasteiger partial charge on any atom is -0.320 e. The fraction of sp³-hybridized carbons (Fsp3) is 0.643. The molecule has 21 heavy (non-hydrogen) atoms. The molecule has 0 N–H and O–H groups in total. The first-order chi connectivity index (χ1) is 10.0. The van der Waals surface area contributed by atoms with Gasteiger partial charge in [-0.1, -0.05) is 21.8 Å². The molecule has 116 valence electrons. The Kier molecular flexibility index (Phi) is 4.99. The van der Waals surface area contributed by atoms with Gasteiger partial charge in [0.25, 0.3) is 5.56 Å². The zero-order valence-electron chi connectivity index (χ0n) is 13.2. The molecule has 6 nitrogen and oxygen atoms in total. The third-order valence-corrected chi connectivity index (χ3v) is 4.18. The normalized spacial score (nSPS) is 11.7. The second-order valence-corrected chi connectivity index (χ2v) is 7.94. The molecule has 0 saturated carbocycles. The standard InChI is InChI=1S/C14H23N4O2P/c1-5-7-17-12-11(16(9-15-12)10-21(3)4)13(19)18(8-6-2)14(17)20/h9H,5-8,10H2,1-4H3. The summed E-state index contributed by atoms with van der Waals surface area (Å²) in [5.41, 5.74) is 0.638. The van der Waals surface area contributed by atoms with Gasteiger partial charge < -0.3 is 4.57 Å². The van der Waals surface area contributed by atoms with E-state index in [0.29, 0.717) is 24.3 Å². The van der Waals surface area contributed by atoms with E-state index in [-0.39, 0.29) is 19.2 Å². The Morgan fingerprint density at radius 2 is 1.71 bits per heavy atom. The van der Waals surface area contributed by atoms with Crippen LogP contribution in [0, 0.1) is 0 Å². The topological polar surface area (TPSA) is 61.8 Å². The van der Waals surface area contributed by atoms with Gasteiger partial charge in [-0.05, 0) is 26.2 Å². The molecule has 0 aliphatic rings. The fourth-order valence-electron chi connectivity index (χ4n) is 2.50. The highest BCUT2D eigenvalue weighted by atomic mass is 31.1. The molecule has 0 atom stereocenters. The maximum atomic E-state index is 12.7. The maximum Gasteiger partial charge on any atom is 0.332 e. The van der Waals surface area contributed by atoms with E-state index in [1.54, 1.807) is 10.9 Å². The van der Waals surface area contributed by atoms with Crippen LogP contribution >= 0.6 is 7.92 Å². The molecule has 0 spiro atoms. The molecule has 2 rings (SSSR count). The third kappa shape index (κ3) is 2.95. The molecule has 0 amide bonds. The number of fused-ring (bicyclic) bond motifs is 1. The van der Waals surface area contributed by atoms with Gasteiger partial charge >= 0.3 is 5.69 Å². The third-order valence-electron chi connectivity index (χ3n) is 3.31. The Bertz CT molecular complexity index is 742. The smallest absolute Gasteiger partial charge is 0.320 e. The first kappa shape index (κ1) is 16.0. The van der Waals surface area contributed by atoms with Crippen LogP contribution in [0.5, 0.6) is 0 Å². The molecule has 2 heterocycles. The lowest BCUT2D eigenvalue weighted by molar-refractivity contribution is 0.554. The van der Waals surface area contributed by atoms with E-state index in [9.17, 15) is 9.59 Å². The summed E-state index contributed by atoms with van der Waals surface area (Å²) < 4.78 is 4.89. The van der Waals surface area contributed by atoms with Crippen molar-refractivity contribution in [2.75, 3.05) is 13.3 Å². The van der Waals surface area contributed by atoms with Crippen LogP contribution < -0.4 is 11.2 Å². The van der Waals surface area contributed by atoms with Gasteiger partial charge in [0.05, 0.1) is 6.33 Å². The van der Waals surface area contributed by atoms with Gasteiger partial charge in [-0.2, -0.15) is 0 Å². The number of imidazole rings is 1. The minimum atomic E-state index is -0.239. The SMILES string of the molecule is CCCn1c(=O)c2c(ncn2CP(C)C)n(CCC)c1=O. The van der Waals surface area contributed by atoms with Crippen molar-refractivity contribution in [3.8, 4) is 0 Å². The molecule has 0 bridgehead atoms. The average molecular weight is 310 g/mol. The van der Waals surface area contributed by atoms with Crippen molar-refractivity contribution in [2.45, 2.75) is 46.1 Å². The van der Waals surface area contributed by atoms with Crippen molar-refractivity contribution in [1.29, 1.82) is 0 Å². The number of aromatic nitrogens is 4. The second kappa shape index (κ2) is 6.56. The monoisotopic (exact) mass is 310 g/mol. The van der Waals surface area contributed by atoms with Crippen LogP contribution in [0.4, 0.5) is 0 Å². The summed E-state index contributed by atoms with van der Waals surface area (Å²) in [5, 5.41) is 0. The zero-order valence-corrected chi connectivity index (χ0v) is 14.1. The molecule has 2 aromatic rings. The van der Waals surface area contributed by atoms with Crippen LogP contribution in [-0.2, 0) is 19.4 Å². The molecule has 0 saturated heterocycles. The van der Waals surface area contributed by atoms with Crippen molar-refractivity contribution < 1.29 is 0 Å². The molecule has 0 unspecified atom stereocenters. The van der Waals surface area contributed by atoms with Crippen molar-refractivity contribution in [3.63, 3.8) is 0 Å². The Morgan fingerprint density at radius 1 is 1.10 bits per heavy atom. The van der Waals surface area contributed by atoms with Crippen LogP contribution in [0.1, 0.15) is 26.7 Å². The predicted octanol–water partition coefficient (Wildman–Crippen LogP) is 1.88. The lowest BCUT2D eigenvalue weighted by Crippen LogP contribution is -2.40. The van der Waals surface area contributed by atoms with Gasteiger partial charge in [-0.15, -0.1) is 0 Å². The highest BCUT2D eigenvalue weighted by Crippen LogP contribution is 2.27. The van der Waals surface area contributed by atoms with Crippen LogP contribution in [-0.4, -0.2) is 32.0 Å². The number of hydrogen-bond donors (Lipinski definition) is 0. The van der Waals surface area contributed by atoms with Crippen LogP contribution in [0.15, 0.2) is 15.9 Å². The predicted molar refractivity (Wildman–Crippen MR) is 87.6 cm³/mol.